The normalized spacial score (nSPS) is 10.4. The molecule has 0 spiro atoms. The Hall–Kier alpha value is -2.40. The Balaban J connectivity index is 1.74. The van der Waals surface area contributed by atoms with Crippen LogP contribution in [-0.4, -0.2) is 11.1 Å². The van der Waals surface area contributed by atoms with E-state index >= 15 is 0 Å². The highest BCUT2D eigenvalue weighted by Gasteiger charge is 2.09. The smallest absolute Gasteiger partial charge is 0.410 e. The van der Waals surface area contributed by atoms with Crippen molar-refractivity contribution in [1.82, 2.24) is 4.98 Å². The van der Waals surface area contributed by atoms with Gasteiger partial charge in [0, 0.05) is 0 Å². The molecule has 4 nitrogen and oxygen atoms in total. The molecule has 1 amide bonds. The maximum atomic E-state index is 11.8. The Morgan fingerprint density at radius 2 is 2.00 bits per heavy atom. The zero-order valence-electron chi connectivity index (χ0n) is 10.8. The van der Waals surface area contributed by atoms with Crippen molar-refractivity contribution in [2.75, 3.05) is 5.32 Å². The highest BCUT2D eigenvalue weighted by atomic mass is 32.1. The average molecular weight is 284 g/mol. The quantitative estimate of drug-likeness (QED) is 0.766. The number of thiazole rings is 1. The molecule has 2 aromatic carbocycles. The standard InChI is InChI=1S/C15H12N2O2S/c1-10-7-8-12-13(9-10)20-14(16-12)17-15(18)19-11-5-3-2-4-6-11/h2-9H,1H3,(H,16,17,18). The second-order valence-electron chi connectivity index (χ2n) is 4.32. The number of nitrogens with one attached hydrogen (secondary N) is 1. The summed E-state index contributed by atoms with van der Waals surface area (Å²) in [5.41, 5.74) is 2.04. The Bertz CT molecular complexity index is 753. The molecule has 0 unspecified atom stereocenters. The number of amides is 1. The number of carbonyl (C=O) groups excluding carboxylic acids is 1. The van der Waals surface area contributed by atoms with Crippen LogP contribution in [0.25, 0.3) is 10.2 Å². The lowest BCUT2D eigenvalue weighted by Crippen LogP contribution is -2.16. The summed E-state index contributed by atoms with van der Waals surface area (Å²) in [6, 6.07) is 14.9. The fraction of sp³-hybridized carbons (Fsp3) is 0.0667. The van der Waals surface area contributed by atoms with Crippen molar-refractivity contribution in [3.63, 3.8) is 0 Å². The van der Waals surface area contributed by atoms with Gasteiger partial charge in [0.05, 0.1) is 10.2 Å². The number of rotatable bonds is 2. The third kappa shape index (κ3) is 2.78. The highest BCUT2D eigenvalue weighted by molar-refractivity contribution is 7.22. The Morgan fingerprint density at radius 1 is 1.20 bits per heavy atom. The van der Waals surface area contributed by atoms with Gasteiger partial charge >= 0.3 is 6.09 Å². The summed E-state index contributed by atoms with van der Waals surface area (Å²) in [6.45, 7) is 2.02. The topological polar surface area (TPSA) is 51.2 Å². The number of ether oxygens (including phenoxy) is 1. The first-order chi connectivity index (χ1) is 9.70. The van der Waals surface area contributed by atoms with Gasteiger partial charge in [0.25, 0.3) is 0 Å². The number of fused-ring (bicyclic) bond motifs is 1. The molecule has 0 atom stereocenters. The first-order valence-corrected chi connectivity index (χ1v) is 6.93. The molecule has 1 aromatic heterocycles. The number of anilines is 1. The molecule has 0 bridgehead atoms. The summed E-state index contributed by atoms with van der Waals surface area (Å²) < 4.78 is 6.20. The number of para-hydroxylation sites is 1. The molecule has 0 aliphatic rings. The summed E-state index contributed by atoms with van der Waals surface area (Å²) in [6.07, 6.45) is -0.535. The van der Waals surface area contributed by atoms with Crippen molar-refractivity contribution in [2.24, 2.45) is 0 Å². The zero-order chi connectivity index (χ0) is 13.9. The molecule has 0 aliphatic heterocycles. The molecule has 100 valence electrons. The fourth-order valence-corrected chi connectivity index (χ4v) is 2.74. The van der Waals surface area contributed by atoms with E-state index in [4.69, 9.17) is 4.74 Å². The lowest BCUT2D eigenvalue weighted by molar-refractivity contribution is 0.215. The molecule has 1 N–H and O–H groups in total. The number of carbonyl (C=O) groups is 1. The Morgan fingerprint density at radius 3 is 2.80 bits per heavy atom. The van der Waals surface area contributed by atoms with Gasteiger partial charge in [0.2, 0.25) is 0 Å². The molecule has 3 rings (SSSR count). The van der Waals surface area contributed by atoms with Gasteiger partial charge in [-0.3, -0.25) is 5.32 Å². The molecule has 20 heavy (non-hydrogen) atoms. The van der Waals surface area contributed by atoms with Crippen LogP contribution in [0.4, 0.5) is 9.93 Å². The van der Waals surface area contributed by atoms with E-state index in [2.05, 4.69) is 10.3 Å². The Kier molecular flexibility index (Phi) is 3.35. The number of hydrogen-bond acceptors (Lipinski definition) is 4. The Labute approximate surface area is 120 Å². The minimum atomic E-state index is -0.535. The van der Waals surface area contributed by atoms with E-state index in [1.165, 1.54) is 16.9 Å². The monoisotopic (exact) mass is 284 g/mol. The van der Waals surface area contributed by atoms with E-state index in [1.54, 1.807) is 12.1 Å². The van der Waals surface area contributed by atoms with E-state index in [0.29, 0.717) is 10.9 Å². The van der Waals surface area contributed by atoms with Crippen LogP contribution < -0.4 is 10.1 Å². The number of nitrogens with zero attached hydrogens (tertiary/aromatic N) is 1. The van der Waals surface area contributed by atoms with Crippen molar-refractivity contribution in [2.45, 2.75) is 6.92 Å². The SMILES string of the molecule is Cc1ccc2nc(NC(=O)Oc3ccccc3)sc2c1. The maximum absolute atomic E-state index is 11.8. The predicted octanol–water partition coefficient (Wildman–Crippen LogP) is 4.22. The number of aromatic nitrogens is 1. The van der Waals surface area contributed by atoms with Crippen LogP contribution in [-0.2, 0) is 0 Å². The summed E-state index contributed by atoms with van der Waals surface area (Å²) in [4.78, 5) is 16.1. The van der Waals surface area contributed by atoms with Gasteiger partial charge < -0.3 is 4.74 Å². The summed E-state index contributed by atoms with van der Waals surface area (Å²) in [7, 11) is 0. The third-order valence-electron chi connectivity index (χ3n) is 2.71. The maximum Gasteiger partial charge on any atom is 0.418 e. The minimum absolute atomic E-state index is 0.502. The van der Waals surface area contributed by atoms with Gasteiger partial charge in [0.15, 0.2) is 5.13 Å². The van der Waals surface area contributed by atoms with Gasteiger partial charge in [-0.1, -0.05) is 35.6 Å². The first-order valence-electron chi connectivity index (χ1n) is 6.12. The minimum Gasteiger partial charge on any atom is -0.410 e. The first kappa shape index (κ1) is 12.6. The van der Waals surface area contributed by atoms with Crippen LogP contribution in [0.2, 0.25) is 0 Å². The molecular formula is C15H12N2O2S. The summed E-state index contributed by atoms with van der Waals surface area (Å²) in [5.74, 6) is 0.502. The predicted molar refractivity (Wildman–Crippen MR) is 80.4 cm³/mol. The molecule has 0 fully saturated rings. The van der Waals surface area contributed by atoms with Gasteiger partial charge in [0.1, 0.15) is 5.75 Å². The van der Waals surface area contributed by atoms with Crippen LogP contribution in [0.1, 0.15) is 5.56 Å². The second kappa shape index (κ2) is 5.30. The van der Waals surface area contributed by atoms with E-state index in [-0.39, 0.29) is 0 Å². The van der Waals surface area contributed by atoms with Crippen molar-refractivity contribution in [1.29, 1.82) is 0 Å². The van der Waals surface area contributed by atoms with Gasteiger partial charge in [-0.15, -0.1) is 0 Å². The van der Waals surface area contributed by atoms with Crippen LogP contribution in [0.5, 0.6) is 5.75 Å². The molecule has 5 heteroatoms. The summed E-state index contributed by atoms with van der Waals surface area (Å²) >= 11 is 1.43. The van der Waals surface area contributed by atoms with Gasteiger partial charge in [-0.25, -0.2) is 9.78 Å². The lowest BCUT2D eigenvalue weighted by atomic mass is 10.2. The van der Waals surface area contributed by atoms with Crippen molar-refractivity contribution >= 4 is 32.8 Å². The zero-order valence-corrected chi connectivity index (χ0v) is 11.6. The molecule has 1 heterocycles. The fourth-order valence-electron chi connectivity index (χ4n) is 1.79. The van der Waals surface area contributed by atoms with E-state index in [1.807, 2.05) is 43.3 Å². The van der Waals surface area contributed by atoms with Crippen molar-refractivity contribution in [3.8, 4) is 5.75 Å². The van der Waals surface area contributed by atoms with Gasteiger partial charge in [-0.2, -0.15) is 0 Å². The molecule has 0 saturated carbocycles. The van der Waals surface area contributed by atoms with E-state index in [0.717, 1.165) is 10.2 Å². The largest absolute Gasteiger partial charge is 0.418 e. The molecule has 0 saturated heterocycles. The number of benzene rings is 2. The van der Waals surface area contributed by atoms with E-state index in [9.17, 15) is 4.79 Å². The van der Waals surface area contributed by atoms with Crippen molar-refractivity contribution in [3.05, 3.63) is 54.1 Å². The van der Waals surface area contributed by atoms with E-state index < -0.39 is 6.09 Å². The average Bonchev–Trinajstić information content (AvgIpc) is 2.80. The van der Waals surface area contributed by atoms with Gasteiger partial charge in [-0.05, 0) is 36.8 Å². The van der Waals surface area contributed by atoms with Crippen molar-refractivity contribution < 1.29 is 9.53 Å². The molecule has 3 aromatic rings. The van der Waals surface area contributed by atoms with Crippen LogP contribution >= 0.6 is 11.3 Å². The highest BCUT2D eigenvalue weighted by Crippen LogP contribution is 2.26. The summed E-state index contributed by atoms with van der Waals surface area (Å²) in [5, 5.41) is 3.18. The number of hydrogen-bond donors (Lipinski definition) is 1. The molecular weight excluding hydrogens is 272 g/mol. The third-order valence-corrected chi connectivity index (χ3v) is 3.64. The number of aryl methyl sites for hydroxylation is 1. The lowest BCUT2D eigenvalue weighted by Gasteiger charge is -2.03. The molecule has 0 radical (unpaired) electrons. The van der Waals surface area contributed by atoms with Crippen LogP contribution in [0.3, 0.4) is 0 Å². The molecule has 0 aliphatic carbocycles. The second-order valence-corrected chi connectivity index (χ2v) is 5.35. The van der Waals surface area contributed by atoms with Crippen LogP contribution in [0, 0.1) is 6.92 Å². The van der Waals surface area contributed by atoms with Crippen LogP contribution in [0.15, 0.2) is 48.5 Å².